The first-order valence-electron chi connectivity index (χ1n) is 8.15. The zero-order valence-electron chi connectivity index (χ0n) is 14.8. The normalized spacial score (nSPS) is 11.3. The Morgan fingerprint density at radius 2 is 1.78 bits per heavy atom. The van der Waals surface area contributed by atoms with Gasteiger partial charge >= 0.3 is 0 Å². The van der Waals surface area contributed by atoms with Crippen molar-refractivity contribution in [3.05, 3.63) is 81.9 Å². The number of rotatable bonds is 5. The van der Waals surface area contributed by atoms with Gasteiger partial charge in [-0.2, -0.15) is 5.10 Å². The lowest BCUT2D eigenvalue weighted by Gasteiger charge is -2.06. The van der Waals surface area contributed by atoms with Crippen molar-refractivity contribution < 1.29 is 14.5 Å². The molecule has 0 heterocycles. The van der Waals surface area contributed by atoms with Crippen LogP contribution in [0, 0.1) is 10.1 Å². The third-order valence-corrected chi connectivity index (χ3v) is 4.11. The molecule has 0 saturated heterocycles. The van der Waals surface area contributed by atoms with Crippen molar-refractivity contribution in [3.8, 4) is 5.75 Å². The van der Waals surface area contributed by atoms with Crippen molar-refractivity contribution in [3.63, 3.8) is 0 Å². The van der Waals surface area contributed by atoms with E-state index in [1.807, 2.05) is 36.4 Å². The standard InChI is InChI=1S/C20H17N3O4/c1-13(14-6-7-16-12-19(27-2)9-8-15(16)10-14)21-22-20(24)17-4-3-5-18(11-17)23(25)26/h3-12H,1-2H3,(H,22,24)/b21-13-. The van der Waals surface area contributed by atoms with Gasteiger partial charge in [-0.15, -0.1) is 0 Å². The average Bonchev–Trinajstić information content (AvgIpc) is 2.70. The van der Waals surface area contributed by atoms with Crippen LogP contribution < -0.4 is 10.2 Å². The first-order chi connectivity index (χ1) is 13.0. The molecule has 0 bridgehead atoms. The molecule has 7 nitrogen and oxygen atoms in total. The molecule has 0 aliphatic rings. The Kier molecular flexibility index (Phi) is 5.12. The summed E-state index contributed by atoms with van der Waals surface area (Å²) in [7, 11) is 1.62. The number of nitrogens with one attached hydrogen (secondary N) is 1. The number of fused-ring (bicyclic) bond motifs is 1. The number of hydrazone groups is 1. The molecule has 0 atom stereocenters. The fraction of sp³-hybridized carbons (Fsp3) is 0.100. The molecule has 0 aliphatic heterocycles. The van der Waals surface area contributed by atoms with E-state index in [-0.39, 0.29) is 11.3 Å². The monoisotopic (exact) mass is 363 g/mol. The number of nitro groups is 1. The number of methoxy groups -OCH3 is 1. The van der Waals surface area contributed by atoms with E-state index in [1.54, 1.807) is 14.0 Å². The predicted octanol–water partition coefficient (Wildman–Crippen LogP) is 3.91. The second-order valence-electron chi connectivity index (χ2n) is 5.87. The van der Waals surface area contributed by atoms with Gasteiger partial charge in [0.15, 0.2) is 0 Å². The summed E-state index contributed by atoms with van der Waals surface area (Å²) in [5.74, 6) is 0.272. The Balaban J connectivity index is 1.79. The molecule has 3 aromatic carbocycles. The number of non-ortho nitro benzene ring substituents is 1. The highest BCUT2D eigenvalue weighted by Gasteiger charge is 2.11. The molecule has 1 amide bonds. The molecule has 0 unspecified atom stereocenters. The Morgan fingerprint density at radius 3 is 2.52 bits per heavy atom. The van der Waals surface area contributed by atoms with Gasteiger partial charge in [0.25, 0.3) is 11.6 Å². The van der Waals surface area contributed by atoms with E-state index in [0.717, 1.165) is 22.1 Å². The summed E-state index contributed by atoms with van der Waals surface area (Å²) in [6.07, 6.45) is 0. The van der Waals surface area contributed by atoms with Crippen molar-refractivity contribution in [1.29, 1.82) is 0 Å². The van der Waals surface area contributed by atoms with Crippen molar-refractivity contribution in [2.24, 2.45) is 5.10 Å². The Bertz CT molecular complexity index is 1060. The van der Waals surface area contributed by atoms with Crippen molar-refractivity contribution >= 4 is 28.1 Å². The smallest absolute Gasteiger partial charge is 0.271 e. The van der Waals surface area contributed by atoms with Gasteiger partial charge in [-0.05, 0) is 47.5 Å². The van der Waals surface area contributed by atoms with Crippen LogP contribution in [0.25, 0.3) is 10.8 Å². The van der Waals surface area contributed by atoms with E-state index in [1.165, 1.54) is 24.3 Å². The van der Waals surface area contributed by atoms with Gasteiger partial charge in [0.05, 0.1) is 17.7 Å². The van der Waals surface area contributed by atoms with Crippen LogP contribution in [0.15, 0.2) is 65.8 Å². The molecule has 3 aromatic rings. The third kappa shape index (κ3) is 4.09. The van der Waals surface area contributed by atoms with Gasteiger partial charge in [0.1, 0.15) is 5.75 Å². The summed E-state index contributed by atoms with van der Waals surface area (Å²) in [6, 6.07) is 17.1. The number of nitrogens with zero attached hydrogens (tertiary/aromatic N) is 2. The number of ether oxygens (including phenoxy) is 1. The van der Waals surface area contributed by atoms with Gasteiger partial charge in [-0.1, -0.05) is 24.3 Å². The van der Waals surface area contributed by atoms with Crippen LogP contribution in [0.4, 0.5) is 5.69 Å². The lowest BCUT2D eigenvalue weighted by Crippen LogP contribution is -2.19. The van der Waals surface area contributed by atoms with Crippen molar-refractivity contribution in [2.75, 3.05) is 7.11 Å². The summed E-state index contributed by atoms with van der Waals surface area (Å²) in [5, 5.41) is 17.0. The maximum Gasteiger partial charge on any atom is 0.271 e. The Morgan fingerprint density at radius 1 is 1.04 bits per heavy atom. The predicted molar refractivity (Wildman–Crippen MR) is 103 cm³/mol. The van der Waals surface area contributed by atoms with Crippen LogP contribution in [0.5, 0.6) is 5.75 Å². The summed E-state index contributed by atoms with van der Waals surface area (Å²) in [5.41, 5.74) is 3.93. The number of amides is 1. The molecule has 0 fully saturated rings. The first kappa shape index (κ1) is 18.1. The van der Waals surface area contributed by atoms with Crippen LogP contribution in [-0.2, 0) is 0 Å². The highest BCUT2D eigenvalue weighted by Crippen LogP contribution is 2.22. The maximum atomic E-state index is 12.2. The van der Waals surface area contributed by atoms with Crippen molar-refractivity contribution in [2.45, 2.75) is 6.92 Å². The van der Waals surface area contributed by atoms with Crippen molar-refractivity contribution in [1.82, 2.24) is 5.43 Å². The summed E-state index contributed by atoms with van der Waals surface area (Å²) in [4.78, 5) is 22.4. The summed E-state index contributed by atoms with van der Waals surface area (Å²) >= 11 is 0. The van der Waals surface area contributed by atoms with E-state index in [2.05, 4.69) is 10.5 Å². The number of hydrogen-bond acceptors (Lipinski definition) is 5. The molecule has 0 aromatic heterocycles. The van der Waals surface area contributed by atoms with E-state index in [0.29, 0.717) is 5.71 Å². The van der Waals surface area contributed by atoms with Crippen LogP contribution >= 0.6 is 0 Å². The number of nitro benzene ring substituents is 1. The quantitative estimate of drug-likeness (QED) is 0.422. The lowest BCUT2D eigenvalue weighted by molar-refractivity contribution is -0.384. The molecular formula is C20H17N3O4. The maximum absolute atomic E-state index is 12.2. The van der Waals surface area contributed by atoms with E-state index in [9.17, 15) is 14.9 Å². The topological polar surface area (TPSA) is 93.8 Å². The average molecular weight is 363 g/mol. The molecule has 0 aliphatic carbocycles. The highest BCUT2D eigenvalue weighted by molar-refractivity contribution is 6.03. The molecule has 1 N–H and O–H groups in total. The molecule has 3 rings (SSSR count). The minimum absolute atomic E-state index is 0.145. The Hall–Kier alpha value is -3.74. The SMILES string of the molecule is COc1ccc2cc(/C(C)=N\NC(=O)c3cccc([N+](=O)[O-])c3)ccc2c1. The van der Waals surface area contributed by atoms with Gasteiger partial charge in [-0.3, -0.25) is 14.9 Å². The molecule has 0 radical (unpaired) electrons. The van der Waals surface area contributed by atoms with E-state index < -0.39 is 10.8 Å². The van der Waals surface area contributed by atoms with E-state index in [4.69, 9.17) is 4.74 Å². The fourth-order valence-electron chi connectivity index (χ4n) is 2.60. The largest absolute Gasteiger partial charge is 0.497 e. The molecular weight excluding hydrogens is 346 g/mol. The van der Waals surface area contributed by atoms with Crippen LogP contribution in [0.2, 0.25) is 0 Å². The van der Waals surface area contributed by atoms with Crippen LogP contribution in [0.3, 0.4) is 0 Å². The zero-order chi connectivity index (χ0) is 19.4. The van der Waals surface area contributed by atoms with Gasteiger partial charge in [0.2, 0.25) is 0 Å². The highest BCUT2D eigenvalue weighted by atomic mass is 16.6. The summed E-state index contributed by atoms with van der Waals surface area (Å²) < 4.78 is 5.22. The van der Waals surface area contributed by atoms with Crippen LogP contribution in [-0.4, -0.2) is 23.7 Å². The molecule has 0 saturated carbocycles. The minimum atomic E-state index is -0.546. The van der Waals surface area contributed by atoms with E-state index >= 15 is 0 Å². The van der Waals surface area contributed by atoms with Crippen LogP contribution in [0.1, 0.15) is 22.8 Å². The van der Waals surface area contributed by atoms with Gasteiger partial charge < -0.3 is 4.74 Å². The number of carbonyl (C=O) groups excluding carboxylic acids is 1. The number of benzene rings is 3. The molecule has 0 spiro atoms. The summed E-state index contributed by atoms with van der Waals surface area (Å²) in [6.45, 7) is 1.78. The number of hydrogen-bond donors (Lipinski definition) is 1. The number of carbonyl (C=O) groups is 1. The Labute approximate surface area is 155 Å². The first-order valence-corrected chi connectivity index (χ1v) is 8.15. The van der Waals surface area contributed by atoms with Gasteiger partial charge in [-0.25, -0.2) is 5.43 Å². The molecule has 136 valence electrons. The second kappa shape index (κ2) is 7.65. The third-order valence-electron chi connectivity index (χ3n) is 4.11. The molecule has 7 heteroatoms. The minimum Gasteiger partial charge on any atom is -0.497 e. The zero-order valence-corrected chi connectivity index (χ0v) is 14.8. The molecule has 27 heavy (non-hydrogen) atoms. The second-order valence-corrected chi connectivity index (χ2v) is 5.87. The fourth-order valence-corrected chi connectivity index (χ4v) is 2.60. The lowest BCUT2D eigenvalue weighted by atomic mass is 10.0. The van der Waals surface area contributed by atoms with Gasteiger partial charge in [0, 0.05) is 17.7 Å².